The van der Waals surface area contributed by atoms with E-state index in [1.807, 2.05) is 0 Å². The quantitative estimate of drug-likeness (QED) is 0.446. The van der Waals surface area contributed by atoms with Gasteiger partial charge in [-0.25, -0.2) is 0 Å². The minimum atomic E-state index is -0.272. The lowest BCUT2D eigenvalue weighted by molar-refractivity contribution is 0.780. The fourth-order valence-electron chi connectivity index (χ4n) is 3.04. The SMILES string of the molecule is PC=CC(c1ccccc1)(c1ccccc1)c1ccccc1. The van der Waals surface area contributed by atoms with Crippen LogP contribution in [0.15, 0.2) is 103 Å². The van der Waals surface area contributed by atoms with Gasteiger partial charge in [0, 0.05) is 0 Å². The summed E-state index contributed by atoms with van der Waals surface area (Å²) in [5.74, 6) is 2.06. The van der Waals surface area contributed by atoms with Gasteiger partial charge in [-0.2, -0.15) is 0 Å². The van der Waals surface area contributed by atoms with Crippen LogP contribution in [0.2, 0.25) is 0 Å². The van der Waals surface area contributed by atoms with E-state index in [2.05, 4.69) is 112 Å². The first-order valence-corrected chi connectivity index (χ1v) is 8.10. The average Bonchev–Trinajstić information content (AvgIpc) is 2.62. The van der Waals surface area contributed by atoms with Crippen molar-refractivity contribution in [2.45, 2.75) is 5.41 Å². The van der Waals surface area contributed by atoms with Crippen LogP contribution in [-0.4, -0.2) is 0 Å². The molecule has 1 atom stereocenters. The first-order valence-electron chi connectivity index (χ1n) is 7.44. The van der Waals surface area contributed by atoms with Gasteiger partial charge in [0.1, 0.15) is 0 Å². The second-order valence-corrected chi connectivity index (χ2v) is 5.65. The standard InChI is InChI=1S/C21H19P/c22-17-16-21(18-10-4-1-5-11-18,19-12-6-2-7-13-19)20-14-8-3-9-15-20/h1-17H,22H2. The maximum Gasteiger partial charge on any atom is 0.0635 e. The van der Waals surface area contributed by atoms with Crippen LogP contribution in [0.5, 0.6) is 0 Å². The molecule has 0 aliphatic carbocycles. The maximum absolute atomic E-state index is 2.71. The Bertz CT molecular complexity index is 634. The molecule has 0 saturated heterocycles. The molecule has 0 radical (unpaired) electrons. The number of allylic oxidation sites excluding steroid dienone is 1. The van der Waals surface area contributed by atoms with E-state index in [0.29, 0.717) is 0 Å². The molecular weight excluding hydrogens is 283 g/mol. The highest BCUT2D eigenvalue weighted by Gasteiger charge is 2.33. The summed E-state index contributed by atoms with van der Waals surface area (Å²) in [7, 11) is 2.71. The van der Waals surface area contributed by atoms with Gasteiger partial charge in [-0.05, 0) is 16.7 Å². The Morgan fingerprint density at radius 1 is 0.545 bits per heavy atom. The highest BCUT2D eigenvalue weighted by atomic mass is 31.0. The van der Waals surface area contributed by atoms with Crippen molar-refractivity contribution in [3.8, 4) is 0 Å². The summed E-state index contributed by atoms with van der Waals surface area (Å²) in [6.07, 6.45) is 2.26. The molecule has 0 aliphatic heterocycles. The largest absolute Gasteiger partial charge is 0.114 e. The first-order chi connectivity index (χ1) is 10.9. The summed E-state index contributed by atoms with van der Waals surface area (Å²) >= 11 is 0. The second kappa shape index (κ2) is 6.73. The Morgan fingerprint density at radius 3 is 1.14 bits per heavy atom. The summed E-state index contributed by atoms with van der Waals surface area (Å²) in [6.45, 7) is 0. The highest BCUT2D eigenvalue weighted by molar-refractivity contribution is 7.20. The fraction of sp³-hybridized carbons (Fsp3) is 0.0476. The van der Waals surface area contributed by atoms with Crippen molar-refractivity contribution in [3.63, 3.8) is 0 Å². The van der Waals surface area contributed by atoms with Crippen LogP contribution in [0.25, 0.3) is 0 Å². The molecule has 0 N–H and O–H groups in total. The van der Waals surface area contributed by atoms with Gasteiger partial charge in [0.05, 0.1) is 5.41 Å². The lowest BCUT2D eigenvalue weighted by Gasteiger charge is -2.33. The normalized spacial score (nSPS) is 11.7. The molecule has 0 aliphatic rings. The predicted octanol–water partition coefficient (Wildman–Crippen LogP) is 5.41. The van der Waals surface area contributed by atoms with Gasteiger partial charge in [-0.3, -0.25) is 0 Å². The molecular formula is C21H19P. The molecule has 0 saturated carbocycles. The third-order valence-electron chi connectivity index (χ3n) is 4.03. The summed E-state index contributed by atoms with van der Waals surface area (Å²) in [5.41, 5.74) is 3.54. The average molecular weight is 302 g/mol. The van der Waals surface area contributed by atoms with Crippen molar-refractivity contribution in [3.05, 3.63) is 120 Å². The molecule has 0 aromatic heterocycles. The molecule has 0 bridgehead atoms. The van der Waals surface area contributed by atoms with Gasteiger partial charge >= 0.3 is 0 Å². The number of hydrogen-bond donors (Lipinski definition) is 0. The predicted molar refractivity (Wildman–Crippen MR) is 98.1 cm³/mol. The van der Waals surface area contributed by atoms with Gasteiger partial charge in [0.15, 0.2) is 0 Å². The van der Waals surface area contributed by atoms with Crippen LogP contribution in [0.4, 0.5) is 0 Å². The lowest BCUT2D eigenvalue weighted by atomic mass is 9.69. The Balaban J connectivity index is 2.34. The second-order valence-electron chi connectivity index (χ2n) is 5.27. The van der Waals surface area contributed by atoms with Crippen molar-refractivity contribution in [2.75, 3.05) is 0 Å². The summed E-state index contributed by atoms with van der Waals surface area (Å²) in [6, 6.07) is 32.0. The Labute approximate surface area is 134 Å². The molecule has 3 aromatic carbocycles. The molecule has 3 aromatic rings. The number of hydrogen-bond acceptors (Lipinski definition) is 0. The van der Waals surface area contributed by atoms with Crippen LogP contribution in [0.1, 0.15) is 16.7 Å². The third kappa shape index (κ3) is 2.63. The summed E-state index contributed by atoms with van der Waals surface area (Å²) in [4.78, 5) is 0. The van der Waals surface area contributed by atoms with Crippen molar-refractivity contribution < 1.29 is 0 Å². The zero-order valence-electron chi connectivity index (χ0n) is 12.4. The minimum absolute atomic E-state index is 0.272. The van der Waals surface area contributed by atoms with Crippen molar-refractivity contribution >= 4 is 9.24 Å². The van der Waals surface area contributed by atoms with Crippen LogP contribution in [0, 0.1) is 0 Å². The Morgan fingerprint density at radius 2 is 0.864 bits per heavy atom. The maximum atomic E-state index is 2.71. The fourth-order valence-corrected chi connectivity index (χ4v) is 3.32. The molecule has 0 fully saturated rings. The zero-order valence-corrected chi connectivity index (χ0v) is 13.5. The topological polar surface area (TPSA) is 0 Å². The van der Waals surface area contributed by atoms with E-state index in [9.17, 15) is 0 Å². The van der Waals surface area contributed by atoms with Gasteiger partial charge in [0.2, 0.25) is 0 Å². The highest BCUT2D eigenvalue weighted by Crippen LogP contribution is 2.40. The van der Waals surface area contributed by atoms with Crippen molar-refractivity contribution in [1.82, 2.24) is 0 Å². The smallest absolute Gasteiger partial charge is 0.0635 e. The van der Waals surface area contributed by atoms with Gasteiger partial charge in [-0.15, -0.1) is 9.24 Å². The number of benzene rings is 3. The first kappa shape index (κ1) is 14.8. The molecule has 0 heterocycles. The molecule has 0 nitrogen and oxygen atoms in total. The third-order valence-corrected chi connectivity index (χ3v) is 4.23. The molecule has 3 rings (SSSR count). The monoisotopic (exact) mass is 302 g/mol. The van der Waals surface area contributed by atoms with E-state index in [1.54, 1.807) is 0 Å². The van der Waals surface area contributed by atoms with E-state index in [4.69, 9.17) is 0 Å². The molecule has 0 amide bonds. The van der Waals surface area contributed by atoms with E-state index in [0.717, 1.165) is 0 Å². The van der Waals surface area contributed by atoms with Gasteiger partial charge in [-0.1, -0.05) is 103 Å². The Hall–Kier alpha value is -2.17. The Kier molecular flexibility index (Phi) is 4.51. The van der Waals surface area contributed by atoms with E-state index in [1.165, 1.54) is 16.7 Å². The molecule has 108 valence electrons. The number of rotatable bonds is 4. The van der Waals surface area contributed by atoms with Crippen LogP contribution < -0.4 is 0 Å². The molecule has 1 unspecified atom stereocenters. The van der Waals surface area contributed by atoms with Crippen LogP contribution in [-0.2, 0) is 5.41 Å². The van der Waals surface area contributed by atoms with E-state index in [-0.39, 0.29) is 5.41 Å². The van der Waals surface area contributed by atoms with E-state index >= 15 is 0 Å². The molecule has 0 spiro atoms. The van der Waals surface area contributed by atoms with Crippen molar-refractivity contribution in [1.29, 1.82) is 0 Å². The van der Waals surface area contributed by atoms with Gasteiger partial charge in [0.25, 0.3) is 0 Å². The minimum Gasteiger partial charge on any atom is -0.114 e. The van der Waals surface area contributed by atoms with Crippen molar-refractivity contribution in [2.24, 2.45) is 0 Å². The zero-order chi connectivity index (χ0) is 15.3. The van der Waals surface area contributed by atoms with Gasteiger partial charge < -0.3 is 0 Å². The van der Waals surface area contributed by atoms with Crippen LogP contribution >= 0.6 is 9.24 Å². The molecule has 22 heavy (non-hydrogen) atoms. The van der Waals surface area contributed by atoms with E-state index < -0.39 is 0 Å². The summed E-state index contributed by atoms with van der Waals surface area (Å²) in [5, 5.41) is 0. The summed E-state index contributed by atoms with van der Waals surface area (Å²) < 4.78 is 0. The molecule has 1 heteroatoms. The lowest BCUT2D eigenvalue weighted by Crippen LogP contribution is -2.26. The van der Waals surface area contributed by atoms with Crippen LogP contribution in [0.3, 0.4) is 0 Å².